The van der Waals surface area contributed by atoms with Crippen LogP contribution in [-0.4, -0.2) is 26.1 Å². The summed E-state index contributed by atoms with van der Waals surface area (Å²) in [5.41, 5.74) is 1.47. The standard InChI is InChI=1S/C16H26O2S/c1-4-16(5-2,13-19)12-18-15-8-6-14(7-9-15)10-11-17-3/h6-9,19H,4-5,10-13H2,1-3H3. The number of thiol groups is 1. The van der Waals surface area contributed by atoms with Gasteiger partial charge in [0.2, 0.25) is 0 Å². The Labute approximate surface area is 122 Å². The molecule has 0 spiro atoms. The zero-order valence-corrected chi connectivity index (χ0v) is 13.2. The van der Waals surface area contributed by atoms with Crippen molar-refractivity contribution in [1.82, 2.24) is 0 Å². The van der Waals surface area contributed by atoms with E-state index in [1.807, 2.05) is 12.1 Å². The van der Waals surface area contributed by atoms with E-state index in [-0.39, 0.29) is 5.41 Å². The van der Waals surface area contributed by atoms with Crippen LogP contribution in [0.15, 0.2) is 24.3 Å². The van der Waals surface area contributed by atoms with Crippen molar-refractivity contribution in [3.05, 3.63) is 29.8 Å². The highest BCUT2D eigenvalue weighted by atomic mass is 32.1. The molecule has 0 aliphatic carbocycles. The van der Waals surface area contributed by atoms with Crippen molar-refractivity contribution in [3.8, 4) is 5.75 Å². The summed E-state index contributed by atoms with van der Waals surface area (Å²) in [5, 5.41) is 0. The first-order valence-electron chi connectivity index (χ1n) is 7.01. The van der Waals surface area contributed by atoms with E-state index in [9.17, 15) is 0 Å². The Morgan fingerprint density at radius 1 is 1.11 bits per heavy atom. The van der Waals surface area contributed by atoms with E-state index >= 15 is 0 Å². The second kappa shape index (κ2) is 8.49. The Morgan fingerprint density at radius 2 is 1.74 bits per heavy atom. The van der Waals surface area contributed by atoms with Gasteiger partial charge >= 0.3 is 0 Å². The second-order valence-corrected chi connectivity index (χ2v) is 5.36. The Bertz CT molecular complexity index is 336. The van der Waals surface area contributed by atoms with Crippen LogP contribution in [0.4, 0.5) is 0 Å². The van der Waals surface area contributed by atoms with Gasteiger partial charge in [0.25, 0.3) is 0 Å². The molecule has 0 aliphatic heterocycles. The van der Waals surface area contributed by atoms with Crippen LogP contribution in [0.25, 0.3) is 0 Å². The molecule has 3 heteroatoms. The molecule has 0 saturated carbocycles. The van der Waals surface area contributed by atoms with Gasteiger partial charge in [0.05, 0.1) is 13.2 Å². The molecule has 1 aromatic rings. The van der Waals surface area contributed by atoms with Gasteiger partial charge in [0, 0.05) is 12.5 Å². The molecule has 0 saturated heterocycles. The molecule has 0 aliphatic rings. The van der Waals surface area contributed by atoms with E-state index in [0.717, 1.165) is 44.0 Å². The molecule has 2 nitrogen and oxygen atoms in total. The van der Waals surface area contributed by atoms with Crippen molar-refractivity contribution in [2.75, 3.05) is 26.1 Å². The fourth-order valence-electron chi connectivity index (χ4n) is 1.93. The molecule has 1 rings (SSSR count). The lowest BCUT2D eigenvalue weighted by molar-refractivity contribution is 0.157. The molecule has 0 N–H and O–H groups in total. The smallest absolute Gasteiger partial charge is 0.119 e. The van der Waals surface area contributed by atoms with Gasteiger partial charge in [-0.05, 0) is 42.7 Å². The summed E-state index contributed by atoms with van der Waals surface area (Å²) in [7, 11) is 1.73. The molecule has 0 unspecified atom stereocenters. The molecule has 0 radical (unpaired) electrons. The highest BCUT2D eigenvalue weighted by Crippen LogP contribution is 2.29. The lowest BCUT2D eigenvalue weighted by atomic mass is 9.85. The number of hydrogen-bond donors (Lipinski definition) is 1. The van der Waals surface area contributed by atoms with Crippen LogP contribution in [0, 0.1) is 5.41 Å². The Morgan fingerprint density at radius 3 is 2.21 bits per heavy atom. The minimum absolute atomic E-state index is 0.192. The van der Waals surface area contributed by atoms with E-state index in [2.05, 4.69) is 38.6 Å². The monoisotopic (exact) mass is 282 g/mol. The topological polar surface area (TPSA) is 18.5 Å². The summed E-state index contributed by atoms with van der Waals surface area (Å²) in [6.07, 6.45) is 3.14. The first-order valence-corrected chi connectivity index (χ1v) is 7.64. The van der Waals surface area contributed by atoms with Crippen molar-refractivity contribution < 1.29 is 9.47 Å². The van der Waals surface area contributed by atoms with Gasteiger partial charge in [-0.1, -0.05) is 26.0 Å². The maximum absolute atomic E-state index is 5.92. The van der Waals surface area contributed by atoms with Crippen LogP contribution in [0.2, 0.25) is 0 Å². The van der Waals surface area contributed by atoms with E-state index in [4.69, 9.17) is 9.47 Å². The molecule has 0 bridgehead atoms. The van der Waals surface area contributed by atoms with Gasteiger partial charge in [0.15, 0.2) is 0 Å². The highest BCUT2D eigenvalue weighted by Gasteiger charge is 2.25. The molecule has 1 aromatic carbocycles. The third kappa shape index (κ3) is 5.07. The van der Waals surface area contributed by atoms with Gasteiger partial charge in [-0.2, -0.15) is 12.6 Å². The molecule has 0 atom stereocenters. The Balaban J connectivity index is 2.53. The highest BCUT2D eigenvalue weighted by molar-refractivity contribution is 7.80. The van der Waals surface area contributed by atoms with Crippen molar-refractivity contribution in [3.63, 3.8) is 0 Å². The first-order chi connectivity index (χ1) is 9.19. The van der Waals surface area contributed by atoms with Gasteiger partial charge in [-0.3, -0.25) is 0 Å². The lowest BCUT2D eigenvalue weighted by Gasteiger charge is -2.29. The van der Waals surface area contributed by atoms with Gasteiger partial charge < -0.3 is 9.47 Å². The quantitative estimate of drug-likeness (QED) is 0.690. The summed E-state index contributed by atoms with van der Waals surface area (Å²) < 4.78 is 11.0. The molecule has 108 valence electrons. The minimum atomic E-state index is 0.192. The Kier molecular flexibility index (Phi) is 7.32. The summed E-state index contributed by atoms with van der Waals surface area (Å²) >= 11 is 4.47. The fourth-order valence-corrected chi connectivity index (χ4v) is 2.47. The van der Waals surface area contributed by atoms with E-state index in [0.29, 0.717) is 0 Å². The van der Waals surface area contributed by atoms with Crippen LogP contribution in [0.3, 0.4) is 0 Å². The largest absolute Gasteiger partial charge is 0.493 e. The molecule has 0 fully saturated rings. The molecular formula is C16H26O2S. The lowest BCUT2D eigenvalue weighted by Crippen LogP contribution is -2.29. The summed E-state index contributed by atoms with van der Waals surface area (Å²) in [5.74, 6) is 1.81. The van der Waals surface area contributed by atoms with Gasteiger partial charge in [0.1, 0.15) is 5.75 Å². The summed E-state index contributed by atoms with van der Waals surface area (Å²) in [6.45, 7) is 5.91. The number of methoxy groups -OCH3 is 1. The van der Waals surface area contributed by atoms with E-state index < -0.39 is 0 Å². The van der Waals surface area contributed by atoms with Crippen LogP contribution in [0.1, 0.15) is 32.3 Å². The van der Waals surface area contributed by atoms with Gasteiger partial charge in [-0.15, -0.1) is 0 Å². The van der Waals surface area contributed by atoms with Crippen molar-refractivity contribution in [2.45, 2.75) is 33.1 Å². The number of rotatable bonds is 9. The maximum Gasteiger partial charge on any atom is 0.119 e. The second-order valence-electron chi connectivity index (χ2n) is 5.04. The molecule has 0 amide bonds. The summed E-state index contributed by atoms with van der Waals surface area (Å²) in [4.78, 5) is 0. The van der Waals surface area contributed by atoms with Crippen LogP contribution < -0.4 is 4.74 Å². The first kappa shape index (κ1) is 16.4. The van der Waals surface area contributed by atoms with Crippen molar-refractivity contribution >= 4 is 12.6 Å². The SMILES string of the molecule is CCC(CC)(CS)COc1ccc(CCOC)cc1. The molecule has 19 heavy (non-hydrogen) atoms. The van der Waals surface area contributed by atoms with Gasteiger partial charge in [-0.25, -0.2) is 0 Å². The average molecular weight is 282 g/mol. The number of benzene rings is 1. The predicted octanol–water partition coefficient (Wildman–Crippen LogP) is 3.99. The zero-order chi connectivity index (χ0) is 14.1. The number of ether oxygens (including phenoxy) is 2. The normalized spacial score (nSPS) is 11.6. The third-order valence-corrected chi connectivity index (χ3v) is 4.57. The van der Waals surface area contributed by atoms with Crippen molar-refractivity contribution in [1.29, 1.82) is 0 Å². The van der Waals surface area contributed by atoms with Crippen LogP contribution in [0.5, 0.6) is 5.75 Å². The van der Waals surface area contributed by atoms with Crippen LogP contribution >= 0.6 is 12.6 Å². The third-order valence-electron chi connectivity index (χ3n) is 3.90. The molecule has 0 aromatic heterocycles. The Hall–Kier alpha value is -0.670. The average Bonchev–Trinajstić information content (AvgIpc) is 2.48. The minimum Gasteiger partial charge on any atom is -0.493 e. The zero-order valence-electron chi connectivity index (χ0n) is 12.3. The summed E-state index contributed by atoms with van der Waals surface area (Å²) in [6, 6.07) is 8.29. The van der Waals surface area contributed by atoms with Crippen molar-refractivity contribution in [2.24, 2.45) is 5.41 Å². The van der Waals surface area contributed by atoms with E-state index in [1.54, 1.807) is 7.11 Å². The van der Waals surface area contributed by atoms with E-state index in [1.165, 1.54) is 5.56 Å². The number of hydrogen-bond acceptors (Lipinski definition) is 3. The fraction of sp³-hybridized carbons (Fsp3) is 0.625. The molecular weight excluding hydrogens is 256 g/mol. The predicted molar refractivity (Wildman–Crippen MR) is 84.4 cm³/mol. The molecule has 0 heterocycles. The maximum atomic E-state index is 5.92. The van der Waals surface area contributed by atoms with Crippen LogP contribution in [-0.2, 0) is 11.2 Å².